The fourth-order valence-corrected chi connectivity index (χ4v) is 4.07. The highest BCUT2D eigenvalue weighted by Gasteiger charge is 2.30. The Morgan fingerprint density at radius 1 is 1.21 bits per heavy atom. The van der Waals surface area contributed by atoms with E-state index in [-0.39, 0.29) is 17.9 Å². The molecule has 6 heteroatoms. The Labute approximate surface area is 164 Å². The van der Waals surface area contributed by atoms with Crippen molar-refractivity contribution in [1.82, 2.24) is 20.2 Å². The molecule has 0 saturated carbocycles. The van der Waals surface area contributed by atoms with Crippen LogP contribution in [0, 0.1) is 19.7 Å². The van der Waals surface area contributed by atoms with Crippen LogP contribution >= 0.6 is 0 Å². The zero-order chi connectivity index (χ0) is 19.7. The summed E-state index contributed by atoms with van der Waals surface area (Å²) >= 11 is 0. The molecule has 146 valence electrons. The third kappa shape index (κ3) is 3.86. The number of aromatic amines is 1. The fraction of sp³-hybridized carbons (Fsp3) is 0.364. The highest BCUT2D eigenvalue weighted by Crippen LogP contribution is 2.30. The second-order valence-electron chi connectivity index (χ2n) is 7.64. The molecule has 2 heterocycles. The smallest absolute Gasteiger partial charge is 0.318 e. The van der Waals surface area contributed by atoms with E-state index in [2.05, 4.69) is 47.3 Å². The highest BCUT2D eigenvalue weighted by molar-refractivity contribution is 5.77. The average molecular weight is 380 g/mol. The van der Waals surface area contributed by atoms with Gasteiger partial charge in [0, 0.05) is 13.1 Å². The number of nitrogens with zero attached hydrogens (tertiary/aromatic N) is 2. The number of H-pyrrole nitrogens is 1. The minimum Gasteiger partial charge on any atom is -0.340 e. The van der Waals surface area contributed by atoms with Crippen molar-refractivity contribution in [2.45, 2.75) is 45.7 Å². The number of piperidine rings is 1. The van der Waals surface area contributed by atoms with Crippen molar-refractivity contribution in [3.8, 4) is 0 Å². The lowest BCUT2D eigenvalue weighted by Gasteiger charge is -2.34. The SMILES string of the molecule is Cc1cc(C)cc(CNC(=O)N2CCCC[C@H]2c2nc3ccc(F)cc3[nH]2)c1. The van der Waals surface area contributed by atoms with Crippen molar-refractivity contribution < 1.29 is 9.18 Å². The van der Waals surface area contributed by atoms with Crippen LogP contribution in [-0.4, -0.2) is 27.4 Å². The van der Waals surface area contributed by atoms with Crippen LogP contribution in [0.25, 0.3) is 11.0 Å². The van der Waals surface area contributed by atoms with Gasteiger partial charge in [0.15, 0.2) is 0 Å². The number of urea groups is 1. The Balaban J connectivity index is 1.51. The summed E-state index contributed by atoms with van der Waals surface area (Å²) in [6, 6.07) is 10.6. The van der Waals surface area contributed by atoms with Crippen LogP contribution in [0.4, 0.5) is 9.18 Å². The second-order valence-corrected chi connectivity index (χ2v) is 7.64. The van der Waals surface area contributed by atoms with Crippen molar-refractivity contribution in [1.29, 1.82) is 0 Å². The predicted molar refractivity (Wildman–Crippen MR) is 108 cm³/mol. The van der Waals surface area contributed by atoms with Gasteiger partial charge < -0.3 is 15.2 Å². The van der Waals surface area contributed by atoms with Gasteiger partial charge in [-0.1, -0.05) is 29.3 Å². The molecule has 0 spiro atoms. The minimum absolute atomic E-state index is 0.0875. The molecule has 1 aromatic heterocycles. The first-order valence-electron chi connectivity index (χ1n) is 9.76. The molecule has 0 unspecified atom stereocenters. The van der Waals surface area contributed by atoms with Gasteiger partial charge in [0.1, 0.15) is 11.6 Å². The molecule has 0 bridgehead atoms. The van der Waals surface area contributed by atoms with E-state index >= 15 is 0 Å². The summed E-state index contributed by atoms with van der Waals surface area (Å²) in [6.45, 7) is 5.30. The van der Waals surface area contributed by atoms with Gasteiger partial charge in [0.2, 0.25) is 0 Å². The van der Waals surface area contributed by atoms with E-state index in [1.165, 1.54) is 23.3 Å². The number of fused-ring (bicyclic) bond motifs is 1. The van der Waals surface area contributed by atoms with Gasteiger partial charge >= 0.3 is 6.03 Å². The summed E-state index contributed by atoms with van der Waals surface area (Å²) in [6.07, 6.45) is 2.86. The molecule has 0 aliphatic carbocycles. The van der Waals surface area contributed by atoms with Crippen molar-refractivity contribution in [3.05, 3.63) is 64.7 Å². The van der Waals surface area contributed by atoms with Crippen LogP contribution in [0.1, 0.15) is 47.8 Å². The van der Waals surface area contributed by atoms with Gasteiger partial charge in [-0.2, -0.15) is 0 Å². The highest BCUT2D eigenvalue weighted by atomic mass is 19.1. The van der Waals surface area contributed by atoms with Crippen LogP contribution in [0.3, 0.4) is 0 Å². The first kappa shape index (κ1) is 18.5. The lowest BCUT2D eigenvalue weighted by Crippen LogP contribution is -2.44. The zero-order valence-electron chi connectivity index (χ0n) is 16.3. The molecule has 1 aliphatic heterocycles. The van der Waals surface area contributed by atoms with Crippen LogP contribution in [-0.2, 0) is 6.54 Å². The first-order chi connectivity index (χ1) is 13.5. The van der Waals surface area contributed by atoms with E-state index in [1.807, 2.05) is 4.90 Å². The third-order valence-electron chi connectivity index (χ3n) is 5.27. The zero-order valence-corrected chi connectivity index (χ0v) is 16.3. The minimum atomic E-state index is -0.297. The number of amides is 2. The van der Waals surface area contributed by atoms with Crippen molar-refractivity contribution in [2.24, 2.45) is 0 Å². The van der Waals surface area contributed by atoms with E-state index in [9.17, 15) is 9.18 Å². The van der Waals surface area contributed by atoms with Gasteiger partial charge in [-0.15, -0.1) is 0 Å². The molecule has 0 radical (unpaired) electrons. The molecule has 1 fully saturated rings. The maximum absolute atomic E-state index is 13.5. The van der Waals surface area contributed by atoms with Crippen molar-refractivity contribution >= 4 is 17.1 Å². The number of aryl methyl sites for hydroxylation is 2. The van der Waals surface area contributed by atoms with Gasteiger partial charge in [-0.25, -0.2) is 14.2 Å². The van der Waals surface area contributed by atoms with Crippen LogP contribution in [0.15, 0.2) is 36.4 Å². The number of likely N-dealkylation sites (tertiary alicyclic amines) is 1. The largest absolute Gasteiger partial charge is 0.340 e. The number of rotatable bonds is 3. The summed E-state index contributed by atoms with van der Waals surface area (Å²) in [5.74, 6) is 0.427. The van der Waals surface area contributed by atoms with E-state index in [0.717, 1.165) is 36.2 Å². The first-order valence-corrected chi connectivity index (χ1v) is 9.76. The van der Waals surface area contributed by atoms with Gasteiger partial charge in [0.05, 0.1) is 17.1 Å². The number of hydrogen-bond acceptors (Lipinski definition) is 2. The van der Waals surface area contributed by atoms with Gasteiger partial charge in [-0.3, -0.25) is 0 Å². The number of carbonyl (C=O) groups is 1. The number of hydrogen-bond donors (Lipinski definition) is 2. The lowest BCUT2D eigenvalue weighted by atomic mass is 10.0. The standard InChI is InChI=1S/C22H25FN4O/c1-14-9-15(2)11-16(10-14)13-24-22(28)27-8-4-3-5-20(27)21-25-18-7-6-17(23)12-19(18)26-21/h6-7,9-12,20H,3-5,8,13H2,1-2H3,(H,24,28)(H,25,26)/t20-/m0/s1. The Morgan fingerprint density at radius 2 is 2.00 bits per heavy atom. The van der Waals surface area contributed by atoms with E-state index in [1.54, 1.807) is 6.07 Å². The van der Waals surface area contributed by atoms with Crippen LogP contribution in [0.5, 0.6) is 0 Å². The van der Waals surface area contributed by atoms with Gasteiger partial charge in [0.25, 0.3) is 0 Å². The number of imidazole rings is 1. The predicted octanol–water partition coefficient (Wildman–Crippen LogP) is 4.76. The Kier molecular flexibility index (Phi) is 5.03. The maximum atomic E-state index is 13.5. The van der Waals surface area contributed by atoms with Crippen molar-refractivity contribution in [3.63, 3.8) is 0 Å². The molecular weight excluding hydrogens is 355 g/mol. The fourth-order valence-electron chi connectivity index (χ4n) is 4.07. The van der Waals surface area contributed by atoms with Crippen LogP contribution in [0.2, 0.25) is 0 Å². The molecule has 1 atom stereocenters. The van der Waals surface area contributed by atoms with E-state index < -0.39 is 0 Å². The van der Waals surface area contributed by atoms with Crippen molar-refractivity contribution in [2.75, 3.05) is 6.54 Å². The molecule has 1 saturated heterocycles. The summed E-state index contributed by atoms with van der Waals surface area (Å²) in [5.41, 5.74) is 4.86. The van der Waals surface area contributed by atoms with E-state index in [0.29, 0.717) is 18.6 Å². The number of aromatic nitrogens is 2. The molecule has 5 nitrogen and oxygen atoms in total. The molecule has 28 heavy (non-hydrogen) atoms. The molecule has 2 aromatic carbocycles. The Morgan fingerprint density at radius 3 is 2.79 bits per heavy atom. The summed E-state index contributed by atoms with van der Waals surface area (Å²) < 4.78 is 13.5. The summed E-state index contributed by atoms with van der Waals surface area (Å²) in [4.78, 5) is 22.6. The molecule has 1 aliphatic rings. The number of benzene rings is 2. The normalized spacial score (nSPS) is 17.1. The van der Waals surface area contributed by atoms with Crippen LogP contribution < -0.4 is 5.32 Å². The molecular formula is C22H25FN4O. The quantitative estimate of drug-likeness (QED) is 0.688. The molecule has 3 aromatic rings. The number of nitrogens with one attached hydrogen (secondary N) is 2. The van der Waals surface area contributed by atoms with E-state index in [4.69, 9.17) is 0 Å². The third-order valence-corrected chi connectivity index (χ3v) is 5.27. The Hall–Kier alpha value is -2.89. The summed E-state index contributed by atoms with van der Waals surface area (Å²) in [5, 5.41) is 3.05. The Bertz CT molecular complexity index is 993. The summed E-state index contributed by atoms with van der Waals surface area (Å²) in [7, 11) is 0. The lowest BCUT2D eigenvalue weighted by molar-refractivity contribution is 0.147. The second kappa shape index (κ2) is 7.62. The topological polar surface area (TPSA) is 61.0 Å². The maximum Gasteiger partial charge on any atom is 0.318 e. The monoisotopic (exact) mass is 380 g/mol. The van der Waals surface area contributed by atoms with Gasteiger partial charge in [-0.05, 0) is 56.9 Å². The number of carbonyl (C=O) groups excluding carboxylic acids is 1. The molecule has 4 rings (SSSR count). The molecule has 2 amide bonds. The average Bonchev–Trinajstić information content (AvgIpc) is 3.08. The number of halogens is 1. The molecule has 2 N–H and O–H groups in total.